The lowest BCUT2D eigenvalue weighted by Crippen LogP contribution is -2.09. The molecule has 0 fully saturated rings. The maximum Gasteiger partial charge on any atom is 0.239 e. The highest BCUT2D eigenvalue weighted by Crippen LogP contribution is 2.23. The largest absolute Gasteiger partial charge is 0.368 e. The van der Waals surface area contributed by atoms with E-state index in [1.54, 1.807) is 24.0 Å². The predicted octanol–water partition coefficient (Wildman–Crippen LogP) is 1.89. The number of nitrogens with two attached hydrogens (primary N) is 1. The number of para-hydroxylation sites is 1. The first-order valence-corrected chi connectivity index (χ1v) is 6.81. The number of hydrogen-bond acceptors (Lipinski definition) is 5. The highest BCUT2D eigenvalue weighted by atomic mass is 15.4. The minimum Gasteiger partial charge on any atom is -0.368 e. The zero-order chi connectivity index (χ0) is 15.1. The molecule has 108 valence electrons. The number of hydrogen-bond donors (Lipinski definition) is 1. The molecule has 0 aliphatic rings. The van der Waals surface area contributed by atoms with Crippen molar-refractivity contribution >= 4 is 17.0 Å². The van der Waals surface area contributed by atoms with Crippen LogP contribution in [-0.2, 0) is 0 Å². The molecule has 3 aromatic heterocycles. The first kappa shape index (κ1) is 12.5. The second-order valence-electron chi connectivity index (χ2n) is 4.88. The minimum absolute atomic E-state index is 0.304. The summed E-state index contributed by atoms with van der Waals surface area (Å²) in [5.74, 6) is 1.49. The number of benzene rings is 1. The Kier molecular flexibility index (Phi) is 2.65. The molecule has 0 unspecified atom stereocenters. The number of nitrogen functional groups attached to an aromatic ring is 1. The summed E-state index contributed by atoms with van der Waals surface area (Å²) in [6.07, 6.45) is 3.46. The van der Waals surface area contributed by atoms with Gasteiger partial charge >= 0.3 is 0 Å². The third-order valence-electron chi connectivity index (χ3n) is 3.38. The molecule has 7 heteroatoms. The van der Waals surface area contributed by atoms with Crippen LogP contribution in [0.25, 0.3) is 22.7 Å². The number of anilines is 1. The normalized spacial score (nSPS) is 11.1. The Hall–Kier alpha value is -3.22. The lowest BCUT2D eigenvalue weighted by atomic mass is 10.3. The number of aryl methyl sites for hydroxylation is 1. The minimum atomic E-state index is 0.304. The lowest BCUT2D eigenvalue weighted by molar-refractivity contribution is 0.794. The number of imidazole rings is 1. The Morgan fingerprint density at radius 2 is 1.86 bits per heavy atom. The molecule has 0 radical (unpaired) electrons. The predicted molar refractivity (Wildman–Crippen MR) is 82.9 cm³/mol. The van der Waals surface area contributed by atoms with Crippen molar-refractivity contribution in [1.29, 1.82) is 0 Å². The Morgan fingerprint density at radius 1 is 1.05 bits per heavy atom. The molecule has 3 heterocycles. The maximum atomic E-state index is 5.96. The molecule has 0 saturated heterocycles. The maximum absolute atomic E-state index is 5.96. The molecule has 4 aromatic rings. The summed E-state index contributed by atoms with van der Waals surface area (Å²) in [6.45, 7) is 1.80. The summed E-state index contributed by atoms with van der Waals surface area (Å²) >= 11 is 0. The highest BCUT2D eigenvalue weighted by Gasteiger charge is 2.17. The molecule has 4 rings (SSSR count). The van der Waals surface area contributed by atoms with Gasteiger partial charge in [0.05, 0.1) is 11.7 Å². The highest BCUT2D eigenvalue weighted by molar-refractivity contribution is 5.78. The fraction of sp³-hybridized carbons (Fsp3) is 0.0667. The second kappa shape index (κ2) is 4.66. The van der Waals surface area contributed by atoms with Crippen LogP contribution in [-0.4, -0.2) is 29.3 Å². The molecule has 0 bridgehead atoms. The molecule has 22 heavy (non-hydrogen) atoms. The average Bonchev–Trinajstić information content (AvgIpc) is 3.07. The first-order chi connectivity index (χ1) is 10.7. The van der Waals surface area contributed by atoms with Crippen molar-refractivity contribution < 1.29 is 0 Å². The zero-order valence-corrected chi connectivity index (χ0v) is 11.9. The van der Waals surface area contributed by atoms with Gasteiger partial charge in [-0.2, -0.15) is 9.67 Å². The fourth-order valence-corrected chi connectivity index (χ4v) is 2.47. The van der Waals surface area contributed by atoms with Crippen molar-refractivity contribution in [2.45, 2.75) is 6.92 Å². The Morgan fingerprint density at radius 3 is 2.59 bits per heavy atom. The zero-order valence-electron chi connectivity index (χ0n) is 11.9. The first-order valence-electron chi connectivity index (χ1n) is 6.81. The molecular weight excluding hydrogens is 278 g/mol. The summed E-state index contributed by atoms with van der Waals surface area (Å²) in [4.78, 5) is 12.9. The van der Waals surface area contributed by atoms with Crippen LogP contribution in [0.15, 0.2) is 48.8 Å². The van der Waals surface area contributed by atoms with Crippen LogP contribution < -0.4 is 5.73 Å². The summed E-state index contributed by atoms with van der Waals surface area (Å²) < 4.78 is 3.53. The van der Waals surface area contributed by atoms with Crippen molar-refractivity contribution in [1.82, 2.24) is 29.3 Å². The van der Waals surface area contributed by atoms with Gasteiger partial charge in [0.1, 0.15) is 11.3 Å². The Bertz CT molecular complexity index is 953. The van der Waals surface area contributed by atoms with Crippen LogP contribution >= 0.6 is 0 Å². The SMILES string of the molecule is Cc1nc(N)n(-c2nc3cnccc3n2-c2ccccc2)n1. The summed E-state index contributed by atoms with van der Waals surface area (Å²) in [5, 5.41) is 4.34. The van der Waals surface area contributed by atoms with Crippen molar-refractivity contribution in [3.05, 3.63) is 54.6 Å². The van der Waals surface area contributed by atoms with E-state index >= 15 is 0 Å². The van der Waals surface area contributed by atoms with Gasteiger partial charge in [0, 0.05) is 11.9 Å². The number of pyridine rings is 1. The van der Waals surface area contributed by atoms with Crippen molar-refractivity contribution in [3.63, 3.8) is 0 Å². The topological polar surface area (TPSA) is 87.4 Å². The molecule has 0 saturated carbocycles. The van der Waals surface area contributed by atoms with Gasteiger partial charge in [-0.3, -0.25) is 9.55 Å². The van der Waals surface area contributed by atoms with Crippen LogP contribution in [0.5, 0.6) is 0 Å². The summed E-state index contributed by atoms with van der Waals surface area (Å²) in [5.41, 5.74) is 8.64. The molecule has 0 amide bonds. The van der Waals surface area contributed by atoms with Crippen LogP contribution in [0.2, 0.25) is 0 Å². The summed E-state index contributed by atoms with van der Waals surface area (Å²) in [6, 6.07) is 11.8. The number of rotatable bonds is 2. The van der Waals surface area contributed by atoms with Crippen LogP contribution in [0.4, 0.5) is 5.95 Å². The van der Waals surface area contributed by atoms with Crippen LogP contribution in [0.1, 0.15) is 5.82 Å². The van der Waals surface area contributed by atoms with E-state index in [2.05, 4.69) is 20.1 Å². The molecule has 0 aliphatic heterocycles. The van der Waals surface area contributed by atoms with Crippen molar-refractivity contribution in [3.8, 4) is 11.6 Å². The third kappa shape index (κ3) is 1.83. The van der Waals surface area contributed by atoms with E-state index in [1.807, 2.05) is 41.0 Å². The smallest absolute Gasteiger partial charge is 0.239 e. The van der Waals surface area contributed by atoms with Gasteiger partial charge < -0.3 is 5.73 Å². The van der Waals surface area contributed by atoms with E-state index in [9.17, 15) is 0 Å². The Balaban J connectivity index is 2.08. The van der Waals surface area contributed by atoms with Gasteiger partial charge in [0.2, 0.25) is 11.9 Å². The number of fused-ring (bicyclic) bond motifs is 1. The molecule has 0 aliphatic carbocycles. The molecule has 0 spiro atoms. The van der Waals surface area contributed by atoms with Gasteiger partial charge in [0.25, 0.3) is 0 Å². The second-order valence-corrected chi connectivity index (χ2v) is 4.88. The van der Waals surface area contributed by atoms with Crippen LogP contribution in [0, 0.1) is 6.92 Å². The number of nitrogens with zero attached hydrogens (tertiary/aromatic N) is 6. The van der Waals surface area contributed by atoms with E-state index in [0.29, 0.717) is 17.7 Å². The van der Waals surface area contributed by atoms with Gasteiger partial charge in [-0.1, -0.05) is 18.2 Å². The Labute approximate surface area is 126 Å². The van der Waals surface area contributed by atoms with E-state index in [1.165, 1.54) is 0 Å². The van der Waals surface area contributed by atoms with E-state index in [-0.39, 0.29) is 0 Å². The molecule has 2 N–H and O–H groups in total. The van der Waals surface area contributed by atoms with Crippen molar-refractivity contribution in [2.75, 3.05) is 5.73 Å². The van der Waals surface area contributed by atoms with Gasteiger partial charge in [-0.05, 0) is 25.1 Å². The van der Waals surface area contributed by atoms with Gasteiger partial charge in [-0.15, -0.1) is 5.10 Å². The molecule has 1 aromatic carbocycles. The van der Waals surface area contributed by atoms with E-state index < -0.39 is 0 Å². The standard InChI is InChI=1S/C15H13N7/c1-10-18-14(16)22(20-10)15-19-12-9-17-8-7-13(12)21(15)11-5-3-2-4-6-11/h2-9H,1H3,(H2,16,18,20). The van der Waals surface area contributed by atoms with Crippen molar-refractivity contribution in [2.24, 2.45) is 0 Å². The van der Waals surface area contributed by atoms with Gasteiger partial charge in [0.15, 0.2) is 0 Å². The third-order valence-corrected chi connectivity index (χ3v) is 3.38. The molecule has 0 atom stereocenters. The quantitative estimate of drug-likeness (QED) is 0.609. The fourth-order valence-electron chi connectivity index (χ4n) is 2.47. The average molecular weight is 291 g/mol. The monoisotopic (exact) mass is 291 g/mol. The molecule has 7 nitrogen and oxygen atoms in total. The van der Waals surface area contributed by atoms with E-state index in [0.717, 1.165) is 16.7 Å². The lowest BCUT2D eigenvalue weighted by Gasteiger charge is -2.09. The summed E-state index contributed by atoms with van der Waals surface area (Å²) in [7, 11) is 0. The van der Waals surface area contributed by atoms with Gasteiger partial charge in [-0.25, -0.2) is 4.98 Å². The van der Waals surface area contributed by atoms with E-state index in [4.69, 9.17) is 5.73 Å². The van der Waals surface area contributed by atoms with Crippen LogP contribution in [0.3, 0.4) is 0 Å². The number of aromatic nitrogens is 6. The molecular formula is C15H13N7.